The fraction of sp³-hybridized carbons (Fsp3) is 0.625. The summed E-state index contributed by atoms with van der Waals surface area (Å²) in [5.41, 5.74) is 7.33. The summed E-state index contributed by atoms with van der Waals surface area (Å²) in [6, 6.07) is 7.90. The van der Waals surface area contributed by atoms with Crippen LogP contribution in [-0.2, 0) is 4.74 Å². The molecule has 0 aliphatic heterocycles. The molecule has 1 fully saturated rings. The Morgan fingerprint density at radius 2 is 2.10 bits per heavy atom. The van der Waals surface area contributed by atoms with Crippen molar-refractivity contribution in [1.82, 2.24) is 4.90 Å². The number of methoxy groups -OCH3 is 1. The SMILES string of the molecule is COc1ccccc1C(N)CN(C)CCOCC1CC1. The number of rotatable bonds is 9. The third-order valence-corrected chi connectivity index (χ3v) is 3.71. The minimum atomic E-state index is -0.0421. The Bertz CT molecular complexity index is 407. The Kier molecular flexibility index (Phi) is 5.83. The van der Waals surface area contributed by atoms with E-state index in [1.807, 2.05) is 24.3 Å². The van der Waals surface area contributed by atoms with E-state index in [1.165, 1.54) is 12.8 Å². The molecule has 0 bridgehead atoms. The van der Waals surface area contributed by atoms with Gasteiger partial charge in [0.05, 0.1) is 13.7 Å². The standard InChI is InChI=1S/C16H26N2O2/c1-18(9-10-20-12-13-7-8-13)11-15(17)14-5-3-4-6-16(14)19-2/h3-6,13,15H,7-12,17H2,1-2H3. The van der Waals surface area contributed by atoms with Crippen molar-refractivity contribution in [3.8, 4) is 5.75 Å². The van der Waals surface area contributed by atoms with Gasteiger partial charge in [0.2, 0.25) is 0 Å². The second kappa shape index (κ2) is 7.62. The minimum Gasteiger partial charge on any atom is -0.496 e. The van der Waals surface area contributed by atoms with Crippen LogP contribution >= 0.6 is 0 Å². The number of ether oxygens (including phenoxy) is 2. The van der Waals surface area contributed by atoms with Gasteiger partial charge in [-0.15, -0.1) is 0 Å². The zero-order valence-corrected chi connectivity index (χ0v) is 12.5. The molecule has 0 radical (unpaired) electrons. The molecule has 20 heavy (non-hydrogen) atoms. The third kappa shape index (κ3) is 4.78. The molecule has 112 valence electrons. The molecule has 0 heterocycles. The Balaban J connectivity index is 1.72. The molecule has 0 spiro atoms. The van der Waals surface area contributed by atoms with E-state index in [-0.39, 0.29) is 6.04 Å². The molecule has 2 rings (SSSR count). The Labute approximate surface area is 121 Å². The monoisotopic (exact) mass is 278 g/mol. The van der Waals surface area contributed by atoms with Gasteiger partial charge in [-0.1, -0.05) is 18.2 Å². The van der Waals surface area contributed by atoms with Crippen LogP contribution in [0.1, 0.15) is 24.4 Å². The van der Waals surface area contributed by atoms with Crippen LogP contribution in [0.25, 0.3) is 0 Å². The van der Waals surface area contributed by atoms with Crippen molar-refractivity contribution in [3.63, 3.8) is 0 Å². The number of likely N-dealkylation sites (N-methyl/N-ethyl adjacent to an activating group) is 1. The van der Waals surface area contributed by atoms with Gasteiger partial charge in [-0.05, 0) is 31.9 Å². The predicted molar refractivity (Wildman–Crippen MR) is 81.0 cm³/mol. The van der Waals surface area contributed by atoms with E-state index in [1.54, 1.807) is 7.11 Å². The molecular weight excluding hydrogens is 252 g/mol. The average molecular weight is 278 g/mol. The molecule has 1 aromatic carbocycles. The van der Waals surface area contributed by atoms with Crippen molar-refractivity contribution in [2.75, 3.05) is 40.5 Å². The molecule has 1 aliphatic carbocycles. The summed E-state index contributed by atoms with van der Waals surface area (Å²) in [5, 5.41) is 0. The van der Waals surface area contributed by atoms with Gasteiger partial charge in [0.15, 0.2) is 0 Å². The predicted octanol–water partition coefficient (Wildman–Crippen LogP) is 2.05. The van der Waals surface area contributed by atoms with Crippen molar-refractivity contribution in [1.29, 1.82) is 0 Å². The van der Waals surface area contributed by atoms with Gasteiger partial charge in [-0.2, -0.15) is 0 Å². The molecular formula is C16H26N2O2. The van der Waals surface area contributed by atoms with E-state index in [0.29, 0.717) is 0 Å². The first-order valence-corrected chi connectivity index (χ1v) is 7.35. The summed E-state index contributed by atoms with van der Waals surface area (Å²) in [7, 11) is 3.76. The molecule has 1 saturated carbocycles. The summed E-state index contributed by atoms with van der Waals surface area (Å²) in [6.45, 7) is 3.42. The van der Waals surface area contributed by atoms with Crippen LogP contribution in [0.5, 0.6) is 5.75 Å². The lowest BCUT2D eigenvalue weighted by atomic mass is 10.1. The smallest absolute Gasteiger partial charge is 0.123 e. The first-order valence-electron chi connectivity index (χ1n) is 7.35. The lowest BCUT2D eigenvalue weighted by Crippen LogP contribution is -2.32. The summed E-state index contributed by atoms with van der Waals surface area (Å²) in [5.74, 6) is 1.69. The van der Waals surface area contributed by atoms with E-state index in [0.717, 1.165) is 43.5 Å². The Hall–Kier alpha value is -1.10. The Morgan fingerprint density at radius 1 is 1.35 bits per heavy atom. The molecule has 2 N–H and O–H groups in total. The van der Waals surface area contributed by atoms with Crippen molar-refractivity contribution < 1.29 is 9.47 Å². The van der Waals surface area contributed by atoms with Crippen molar-refractivity contribution >= 4 is 0 Å². The molecule has 0 amide bonds. The van der Waals surface area contributed by atoms with Crippen molar-refractivity contribution in [3.05, 3.63) is 29.8 Å². The molecule has 1 aliphatic rings. The molecule has 4 nitrogen and oxygen atoms in total. The maximum absolute atomic E-state index is 6.27. The zero-order valence-electron chi connectivity index (χ0n) is 12.5. The second-order valence-corrected chi connectivity index (χ2v) is 5.63. The largest absolute Gasteiger partial charge is 0.496 e. The number of hydrogen-bond acceptors (Lipinski definition) is 4. The van der Waals surface area contributed by atoms with Gasteiger partial charge >= 0.3 is 0 Å². The lowest BCUT2D eigenvalue weighted by molar-refractivity contribution is 0.102. The average Bonchev–Trinajstić information content (AvgIpc) is 3.27. The summed E-state index contributed by atoms with van der Waals surface area (Å²) in [4.78, 5) is 2.21. The molecule has 4 heteroatoms. The van der Waals surface area contributed by atoms with E-state index in [9.17, 15) is 0 Å². The number of nitrogens with two attached hydrogens (primary N) is 1. The molecule has 1 unspecified atom stereocenters. The first-order chi connectivity index (χ1) is 9.70. The molecule has 0 saturated heterocycles. The third-order valence-electron chi connectivity index (χ3n) is 3.71. The van der Waals surface area contributed by atoms with Gasteiger partial charge in [0, 0.05) is 31.3 Å². The van der Waals surface area contributed by atoms with Crippen LogP contribution in [0.2, 0.25) is 0 Å². The highest BCUT2D eigenvalue weighted by molar-refractivity contribution is 5.35. The highest BCUT2D eigenvalue weighted by Gasteiger charge is 2.21. The van der Waals surface area contributed by atoms with E-state index < -0.39 is 0 Å². The van der Waals surface area contributed by atoms with Crippen LogP contribution < -0.4 is 10.5 Å². The van der Waals surface area contributed by atoms with E-state index >= 15 is 0 Å². The summed E-state index contributed by atoms with van der Waals surface area (Å²) >= 11 is 0. The number of nitrogens with zero attached hydrogens (tertiary/aromatic N) is 1. The van der Waals surface area contributed by atoms with Gasteiger partial charge in [0.25, 0.3) is 0 Å². The molecule has 1 atom stereocenters. The summed E-state index contributed by atoms with van der Waals surface area (Å²) < 4.78 is 11.0. The minimum absolute atomic E-state index is 0.0421. The van der Waals surface area contributed by atoms with Crippen LogP contribution in [0, 0.1) is 5.92 Å². The van der Waals surface area contributed by atoms with Crippen molar-refractivity contribution in [2.45, 2.75) is 18.9 Å². The quantitative estimate of drug-likeness (QED) is 0.702. The van der Waals surface area contributed by atoms with Crippen LogP contribution in [0.4, 0.5) is 0 Å². The highest BCUT2D eigenvalue weighted by atomic mass is 16.5. The van der Waals surface area contributed by atoms with Crippen LogP contribution in [0.15, 0.2) is 24.3 Å². The topological polar surface area (TPSA) is 47.7 Å². The second-order valence-electron chi connectivity index (χ2n) is 5.63. The highest BCUT2D eigenvalue weighted by Crippen LogP contribution is 2.28. The van der Waals surface area contributed by atoms with Crippen LogP contribution in [-0.4, -0.2) is 45.4 Å². The van der Waals surface area contributed by atoms with Gasteiger partial charge in [-0.25, -0.2) is 0 Å². The fourth-order valence-corrected chi connectivity index (χ4v) is 2.25. The fourth-order valence-electron chi connectivity index (χ4n) is 2.25. The lowest BCUT2D eigenvalue weighted by Gasteiger charge is -2.22. The Morgan fingerprint density at radius 3 is 2.80 bits per heavy atom. The van der Waals surface area contributed by atoms with E-state index in [4.69, 9.17) is 15.2 Å². The summed E-state index contributed by atoms with van der Waals surface area (Å²) in [6.07, 6.45) is 2.68. The first kappa shape index (κ1) is 15.3. The number of para-hydroxylation sites is 1. The van der Waals surface area contributed by atoms with Gasteiger partial charge < -0.3 is 20.1 Å². The normalized spacial score (nSPS) is 16.4. The van der Waals surface area contributed by atoms with Gasteiger partial charge in [-0.3, -0.25) is 0 Å². The number of benzene rings is 1. The molecule has 1 aromatic rings. The maximum atomic E-state index is 6.27. The van der Waals surface area contributed by atoms with Gasteiger partial charge in [0.1, 0.15) is 5.75 Å². The molecule has 0 aromatic heterocycles. The number of hydrogen-bond donors (Lipinski definition) is 1. The van der Waals surface area contributed by atoms with Crippen LogP contribution in [0.3, 0.4) is 0 Å². The van der Waals surface area contributed by atoms with E-state index in [2.05, 4.69) is 11.9 Å². The maximum Gasteiger partial charge on any atom is 0.123 e. The zero-order chi connectivity index (χ0) is 14.4. The van der Waals surface area contributed by atoms with Crippen molar-refractivity contribution in [2.24, 2.45) is 11.7 Å².